The molecule has 0 spiro atoms. The molecule has 2 aromatic carbocycles. The van der Waals surface area contributed by atoms with Crippen molar-refractivity contribution >= 4 is 16.1 Å². The van der Waals surface area contributed by atoms with Gasteiger partial charge in [0, 0.05) is 12.1 Å². The van der Waals surface area contributed by atoms with Crippen LogP contribution in [0.2, 0.25) is 0 Å². The highest BCUT2D eigenvalue weighted by Gasteiger charge is 2.51. The van der Waals surface area contributed by atoms with E-state index in [0.717, 1.165) is 37.7 Å². The number of nitriles is 1. The number of aryl methyl sites for hydroxylation is 1. The van der Waals surface area contributed by atoms with E-state index < -0.39 is 21.4 Å². The first-order valence-electron chi connectivity index (χ1n) is 12.3. The van der Waals surface area contributed by atoms with Crippen molar-refractivity contribution in [2.45, 2.75) is 61.7 Å². The van der Waals surface area contributed by atoms with E-state index in [1.165, 1.54) is 23.3 Å². The van der Waals surface area contributed by atoms with Gasteiger partial charge < -0.3 is 19.7 Å². The SMILES string of the molecule is CN(C)C(Cc1ccc(OS(=O)(=O)C(F)(F)F)cc1)C1(NC(=NC#N)NC2CCc3ccccc3C2)CC1. The molecular formula is C26H30F3N5O3S. The number of hydrogen-bond acceptors (Lipinski definition) is 6. The van der Waals surface area contributed by atoms with Gasteiger partial charge in [-0.15, -0.1) is 4.99 Å². The lowest BCUT2D eigenvalue weighted by atomic mass is 9.88. The molecule has 2 aliphatic rings. The monoisotopic (exact) mass is 549 g/mol. The molecule has 0 bridgehead atoms. The van der Waals surface area contributed by atoms with E-state index in [2.05, 4.69) is 36.8 Å². The zero-order valence-corrected chi connectivity index (χ0v) is 21.9. The average Bonchev–Trinajstić information content (AvgIpc) is 3.62. The number of aliphatic imine (C=N–C) groups is 1. The number of likely N-dealkylation sites (N-methyl/N-ethyl adjacent to an activating group) is 1. The van der Waals surface area contributed by atoms with Crippen molar-refractivity contribution in [3.05, 3.63) is 65.2 Å². The number of nitrogens with zero attached hydrogens (tertiary/aromatic N) is 3. The summed E-state index contributed by atoms with van der Waals surface area (Å²) in [6, 6.07) is 14.0. The average molecular weight is 550 g/mol. The van der Waals surface area contributed by atoms with Crippen LogP contribution in [-0.2, 0) is 29.4 Å². The Kier molecular flexibility index (Phi) is 7.90. The van der Waals surface area contributed by atoms with E-state index in [4.69, 9.17) is 0 Å². The van der Waals surface area contributed by atoms with Gasteiger partial charge in [-0.25, -0.2) is 0 Å². The lowest BCUT2D eigenvalue weighted by Crippen LogP contribution is -2.57. The van der Waals surface area contributed by atoms with Crippen LogP contribution in [-0.4, -0.2) is 56.5 Å². The van der Waals surface area contributed by atoms with Crippen LogP contribution in [0.3, 0.4) is 0 Å². The van der Waals surface area contributed by atoms with Crippen LogP contribution >= 0.6 is 0 Å². The third-order valence-corrected chi connectivity index (χ3v) is 8.09. The number of nitrogens with one attached hydrogen (secondary N) is 2. The van der Waals surface area contributed by atoms with E-state index >= 15 is 0 Å². The predicted molar refractivity (Wildman–Crippen MR) is 137 cm³/mol. The smallest absolute Gasteiger partial charge is 0.376 e. The van der Waals surface area contributed by atoms with Crippen LogP contribution < -0.4 is 14.8 Å². The summed E-state index contributed by atoms with van der Waals surface area (Å²) in [7, 11) is -1.85. The van der Waals surface area contributed by atoms with Crippen molar-refractivity contribution < 1.29 is 25.8 Å². The Morgan fingerprint density at radius 3 is 2.42 bits per heavy atom. The summed E-state index contributed by atoms with van der Waals surface area (Å²) in [6.45, 7) is 0. The molecule has 12 heteroatoms. The van der Waals surface area contributed by atoms with Crippen molar-refractivity contribution in [1.82, 2.24) is 15.5 Å². The molecule has 0 aromatic heterocycles. The Bertz CT molecular complexity index is 1320. The molecule has 8 nitrogen and oxygen atoms in total. The molecule has 1 fully saturated rings. The zero-order valence-electron chi connectivity index (χ0n) is 21.1. The molecule has 2 aromatic rings. The minimum atomic E-state index is -5.73. The minimum absolute atomic E-state index is 0.0362. The molecule has 0 aliphatic heterocycles. The number of guanidine groups is 1. The van der Waals surface area contributed by atoms with Crippen LogP contribution in [0.15, 0.2) is 53.5 Å². The summed E-state index contributed by atoms with van der Waals surface area (Å²) in [4.78, 5) is 6.08. The highest BCUT2D eigenvalue weighted by atomic mass is 32.2. The fourth-order valence-electron chi connectivity index (χ4n) is 5.02. The molecule has 2 N–H and O–H groups in total. The maximum absolute atomic E-state index is 12.6. The van der Waals surface area contributed by atoms with Crippen molar-refractivity contribution in [1.29, 1.82) is 5.26 Å². The molecule has 38 heavy (non-hydrogen) atoms. The van der Waals surface area contributed by atoms with Crippen LogP contribution in [0.1, 0.15) is 36.0 Å². The molecule has 2 unspecified atom stereocenters. The zero-order chi connectivity index (χ0) is 27.6. The van der Waals surface area contributed by atoms with Gasteiger partial charge in [0.1, 0.15) is 5.75 Å². The van der Waals surface area contributed by atoms with Gasteiger partial charge in [0.05, 0.1) is 5.54 Å². The Morgan fingerprint density at radius 2 is 1.84 bits per heavy atom. The molecule has 0 heterocycles. The van der Waals surface area contributed by atoms with E-state index in [1.807, 2.05) is 32.4 Å². The topological polar surface area (TPSA) is 107 Å². The van der Waals surface area contributed by atoms with Crippen molar-refractivity contribution in [3.63, 3.8) is 0 Å². The standard InChI is InChI=1S/C26H30F3N5O3S/c1-34(2)23(15-18-7-11-22(12-8-18)37-38(35,36)26(27,28)29)25(13-14-25)33-24(31-17-30)32-21-10-9-19-5-3-4-6-20(19)16-21/h3-8,11-12,21,23H,9-10,13-16H2,1-2H3,(H2,31,32,33). The molecule has 4 rings (SSSR count). The Morgan fingerprint density at radius 1 is 1.18 bits per heavy atom. The van der Waals surface area contributed by atoms with Crippen LogP contribution in [0.5, 0.6) is 5.75 Å². The summed E-state index contributed by atoms with van der Waals surface area (Å²) in [6.07, 6.45) is 6.82. The maximum atomic E-state index is 12.6. The van der Waals surface area contributed by atoms with Crippen molar-refractivity contribution in [2.24, 2.45) is 4.99 Å². The molecule has 0 amide bonds. The highest BCUT2D eigenvalue weighted by molar-refractivity contribution is 7.88. The van der Waals surface area contributed by atoms with E-state index in [1.54, 1.807) is 12.1 Å². The van der Waals surface area contributed by atoms with Crippen LogP contribution in [0.25, 0.3) is 0 Å². The molecule has 2 aliphatic carbocycles. The predicted octanol–water partition coefficient (Wildman–Crippen LogP) is 3.49. The van der Waals surface area contributed by atoms with Crippen molar-refractivity contribution in [3.8, 4) is 11.9 Å². The number of halogens is 3. The van der Waals surface area contributed by atoms with Gasteiger partial charge in [-0.3, -0.25) is 0 Å². The number of hydrogen-bond donors (Lipinski definition) is 2. The fourth-order valence-corrected chi connectivity index (χ4v) is 5.48. The first kappa shape index (κ1) is 27.7. The van der Waals surface area contributed by atoms with E-state index in [0.29, 0.717) is 12.4 Å². The van der Waals surface area contributed by atoms with Gasteiger partial charge >= 0.3 is 15.6 Å². The first-order chi connectivity index (χ1) is 17.9. The maximum Gasteiger partial charge on any atom is 0.534 e. The number of rotatable bonds is 8. The lowest BCUT2D eigenvalue weighted by molar-refractivity contribution is -0.0500. The Hall–Kier alpha value is -3.30. The van der Waals surface area contributed by atoms with Gasteiger partial charge in [0.15, 0.2) is 0 Å². The van der Waals surface area contributed by atoms with Crippen LogP contribution in [0.4, 0.5) is 13.2 Å². The summed E-state index contributed by atoms with van der Waals surface area (Å²) in [5, 5.41) is 16.2. The van der Waals surface area contributed by atoms with Gasteiger partial charge in [0.2, 0.25) is 12.2 Å². The molecule has 2 atom stereocenters. The Labute approximate surface area is 220 Å². The Balaban J connectivity index is 1.43. The van der Waals surface area contributed by atoms with Crippen molar-refractivity contribution in [2.75, 3.05) is 14.1 Å². The second-order valence-corrected chi connectivity index (χ2v) is 11.5. The summed E-state index contributed by atoms with van der Waals surface area (Å²) >= 11 is 0. The first-order valence-corrected chi connectivity index (χ1v) is 13.7. The number of benzene rings is 2. The molecule has 0 radical (unpaired) electrons. The minimum Gasteiger partial charge on any atom is -0.376 e. The van der Waals surface area contributed by atoms with Crippen LogP contribution in [0, 0.1) is 11.5 Å². The quantitative estimate of drug-likeness (QED) is 0.171. The van der Waals surface area contributed by atoms with E-state index in [-0.39, 0.29) is 17.6 Å². The number of fused-ring (bicyclic) bond motifs is 1. The molecule has 1 saturated carbocycles. The normalized spacial score (nSPS) is 19.7. The summed E-state index contributed by atoms with van der Waals surface area (Å²) in [5.41, 5.74) is -2.42. The lowest BCUT2D eigenvalue weighted by Gasteiger charge is -2.35. The molecule has 0 saturated heterocycles. The largest absolute Gasteiger partial charge is 0.534 e. The third kappa shape index (κ3) is 6.39. The second kappa shape index (κ2) is 10.8. The second-order valence-electron chi connectivity index (χ2n) is 10.0. The van der Waals surface area contributed by atoms with Gasteiger partial charge in [-0.2, -0.15) is 26.9 Å². The van der Waals surface area contributed by atoms with Gasteiger partial charge in [0.25, 0.3) is 0 Å². The fraction of sp³-hybridized carbons (Fsp3) is 0.462. The van der Waals surface area contributed by atoms with Gasteiger partial charge in [-0.1, -0.05) is 36.4 Å². The summed E-state index contributed by atoms with van der Waals surface area (Å²) < 4.78 is 64.6. The van der Waals surface area contributed by atoms with E-state index in [9.17, 15) is 26.9 Å². The highest BCUT2D eigenvalue weighted by Crippen LogP contribution is 2.42. The third-order valence-electron chi connectivity index (χ3n) is 7.11. The summed E-state index contributed by atoms with van der Waals surface area (Å²) in [5.74, 6) is 0.0239. The molecule has 204 valence electrons. The van der Waals surface area contributed by atoms with Gasteiger partial charge in [-0.05, 0) is 81.4 Å². The molecular weight excluding hydrogens is 519 g/mol. The number of alkyl halides is 3.